The summed E-state index contributed by atoms with van der Waals surface area (Å²) in [6.45, 7) is 1.75. The molecule has 2 rings (SSSR count). The zero-order chi connectivity index (χ0) is 17.6. The number of carbonyl (C=O) groups excluding carboxylic acids is 2. The lowest BCUT2D eigenvalue weighted by Gasteiger charge is -2.15. The second-order valence-electron chi connectivity index (χ2n) is 4.75. The summed E-state index contributed by atoms with van der Waals surface area (Å²) in [6, 6.07) is 16.0. The fraction of sp³-hybridized carbons (Fsp3) is 0.176. The van der Waals surface area contributed by atoms with Crippen LogP contribution in [-0.4, -0.2) is 26.1 Å². The summed E-state index contributed by atoms with van der Waals surface area (Å²) in [5.74, 6) is -0.696. The van der Waals surface area contributed by atoms with Crippen molar-refractivity contribution in [2.75, 3.05) is 6.61 Å². The molecule has 126 valence electrons. The minimum Gasteiger partial charge on any atom is -0.465 e. The van der Waals surface area contributed by atoms with Crippen LogP contribution >= 0.6 is 10.8 Å². The van der Waals surface area contributed by atoms with Crippen molar-refractivity contribution in [3.8, 4) is 0 Å². The molecule has 0 N–H and O–H groups in total. The van der Waals surface area contributed by atoms with Gasteiger partial charge in [0.15, 0.2) is 0 Å². The molecule has 0 saturated heterocycles. The molecule has 1 unspecified atom stereocenters. The Morgan fingerprint density at radius 3 is 2.08 bits per heavy atom. The topological polar surface area (TPSA) is 77.5 Å². The van der Waals surface area contributed by atoms with Gasteiger partial charge < -0.3 is 4.74 Å². The molecule has 0 radical (unpaired) electrons. The van der Waals surface area contributed by atoms with E-state index in [-0.39, 0.29) is 12.2 Å². The van der Waals surface area contributed by atoms with Crippen LogP contribution in [0.3, 0.4) is 0 Å². The number of rotatable bonds is 6. The van der Waals surface area contributed by atoms with E-state index in [0.29, 0.717) is 16.4 Å². The molecule has 0 bridgehead atoms. The molecule has 2 aromatic carbocycles. The maximum absolute atomic E-state index is 12.4. The summed E-state index contributed by atoms with van der Waals surface area (Å²) in [6.07, 6.45) is 0. The molecule has 1 atom stereocenters. The monoisotopic (exact) mass is 364 g/mol. The van der Waals surface area contributed by atoms with Crippen LogP contribution in [0.4, 0.5) is 0 Å². The van der Waals surface area contributed by atoms with Crippen molar-refractivity contribution in [2.45, 2.75) is 12.2 Å². The summed E-state index contributed by atoms with van der Waals surface area (Å²) >= 11 is 0. The average Bonchev–Trinajstić information content (AvgIpc) is 2.60. The van der Waals surface area contributed by atoms with Gasteiger partial charge in [-0.05, 0) is 23.3 Å². The van der Waals surface area contributed by atoms with Gasteiger partial charge in [0.05, 0.1) is 6.61 Å². The van der Waals surface area contributed by atoms with E-state index in [1.54, 1.807) is 55.5 Å². The Hall–Kier alpha value is -2.12. The highest BCUT2D eigenvalue weighted by atomic mass is 33.1. The molecular formula is C17H16O5S2. The van der Waals surface area contributed by atoms with Gasteiger partial charge in [0.1, 0.15) is 5.25 Å². The molecule has 2 aromatic rings. The van der Waals surface area contributed by atoms with Crippen LogP contribution in [0.1, 0.15) is 28.1 Å². The van der Waals surface area contributed by atoms with E-state index in [1.165, 1.54) is 12.1 Å². The first kappa shape index (κ1) is 18.2. The third-order valence-corrected chi connectivity index (χ3v) is 6.45. The number of benzene rings is 2. The first-order valence-electron chi connectivity index (χ1n) is 7.20. The molecule has 0 amide bonds. The molecule has 5 nitrogen and oxygen atoms in total. The number of esters is 1. The highest BCUT2D eigenvalue weighted by molar-refractivity contribution is 8.77. The molecule has 0 spiro atoms. The van der Waals surface area contributed by atoms with Crippen molar-refractivity contribution >= 4 is 30.7 Å². The molecule has 0 aliphatic heterocycles. The molecule has 0 saturated carbocycles. The molecule has 0 aromatic heterocycles. The number of ether oxygens (including phenoxy) is 1. The summed E-state index contributed by atoms with van der Waals surface area (Å²) in [5, 5.41) is -2.15. The van der Waals surface area contributed by atoms with Crippen molar-refractivity contribution in [3.05, 3.63) is 71.8 Å². The summed E-state index contributed by atoms with van der Waals surface area (Å²) in [7, 11) is -3.95. The van der Waals surface area contributed by atoms with Crippen LogP contribution in [0.15, 0.2) is 60.7 Å². The number of hydrogen-bond acceptors (Lipinski definition) is 6. The van der Waals surface area contributed by atoms with Gasteiger partial charge >= 0.3 is 5.97 Å². The van der Waals surface area contributed by atoms with Gasteiger partial charge in [-0.1, -0.05) is 60.7 Å². The summed E-state index contributed by atoms with van der Waals surface area (Å²) < 4.78 is 29.8. The minimum atomic E-state index is -4.25. The predicted molar refractivity (Wildman–Crippen MR) is 93.1 cm³/mol. The predicted octanol–water partition coefficient (Wildman–Crippen LogP) is 3.19. The Bertz CT molecular complexity index is 801. The van der Waals surface area contributed by atoms with E-state index in [1.807, 2.05) is 0 Å². The Kier molecular flexibility index (Phi) is 6.16. The fourth-order valence-electron chi connectivity index (χ4n) is 1.97. The number of hydrogen-bond donors (Lipinski definition) is 0. The highest BCUT2D eigenvalue weighted by Crippen LogP contribution is 2.36. The van der Waals surface area contributed by atoms with Gasteiger partial charge in [0.25, 0.3) is 14.0 Å². The quantitative estimate of drug-likeness (QED) is 0.579. The van der Waals surface area contributed by atoms with Crippen LogP contribution in [0.2, 0.25) is 0 Å². The third kappa shape index (κ3) is 4.46. The summed E-state index contributed by atoms with van der Waals surface area (Å²) in [4.78, 5) is 24.4. The number of carbonyl (C=O) groups is 2. The van der Waals surface area contributed by atoms with Crippen molar-refractivity contribution < 1.29 is 22.7 Å². The van der Waals surface area contributed by atoms with Crippen LogP contribution < -0.4 is 0 Å². The fourth-order valence-corrected chi connectivity index (χ4v) is 5.03. The van der Waals surface area contributed by atoms with Gasteiger partial charge in [0.2, 0.25) is 0 Å². The molecule has 0 heterocycles. The average molecular weight is 364 g/mol. The second kappa shape index (κ2) is 8.12. The van der Waals surface area contributed by atoms with Crippen molar-refractivity contribution in [1.29, 1.82) is 0 Å². The van der Waals surface area contributed by atoms with E-state index in [0.717, 1.165) is 0 Å². The van der Waals surface area contributed by atoms with Crippen LogP contribution in [0.25, 0.3) is 0 Å². The SMILES string of the molecule is CCOC(=O)C(SS(=O)(=O)C(=O)c1ccccc1)c1ccccc1. The van der Waals surface area contributed by atoms with E-state index < -0.39 is 25.2 Å². The summed E-state index contributed by atoms with van der Waals surface area (Å²) in [5.41, 5.74) is 0.519. The lowest BCUT2D eigenvalue weighted by molar-refractivity contribution is -0.142. The Morgan fingerprint density at radius 2 is 1.54 bits per heavy atom. The highest BCUT2D eigenvalue weighted by Gasteiger charge is 2.34. The van der Waals surface area contributed by atoms with Crippen LogP contribution in [0, 0.1) is 0 Å². The maximum atomic E-state index is 12.4. The van der Waals surface area contributed by atoms with Crippen LogP contribution in [0.5, 0.6) is 0 Å². The first-order chi connectivity index (χ1) is 11.5. The Balaban J connectivity index is 2.31. The van der Waals surface area contributed by atoms with Crippen molar-refractivity contribution in [1.82, 2.24) is 0 Å². The molecule has 7 heteroatoms. The third-order valence-electron chi connectivity index (χ3n) is 3.06. The van der Waals surface area contributed by atoms with Crippen molar-refractivity contribution in [2.24, 2.45) is 0 Å². The van der Waals surface area contributed by atoms with E-state index in [2.05, 4.69) is 0 Å². The zero-order valence-corrected chi connectivity index (χ0v) is 14.5. The smallest absolute Gasteiger partial charge is 0.324 e. The molecule has 0 aliphatic carbocycles. The van der Waals surface area contributed by atoms with Gasteiger partial charge in [-0.3, -0.25) is 9.59 Å². The molecule has 0 fully saturated rings. The van der Waals surface area contributed by atoms with Crippen LogP contribution in [-0.2, 0) is 18.4 Å². The lowest BCUT2D eigenvalue weighted by atomic mass is 10.1. The lowest BCUT2D eigenvalue weighted by Crippen LogP contribution is -2.19. The van der Waals surface area contributed by atoms with E-state index in [4.69, 9.17) is 4.74 Å². The Labute approximate surface area is 144 Å². The first-order valence-corrected chi connectivity index (χ1v) is 10.1. The largest absolute Gasteiger partial charge is 0.465 e. The van der Waals surface area contributed by atoms with Gasteiger partial charge in [-0.15, -0.1) is 0 Å². The Morgan fingerprint density at radius 1 is 1.00 bits per heavy atom. The van der Waals surface area contributed by atoms with E-state index >= 15 is 0 Å². The second-order valence-corrected chi connectivity index (χ2v) is 8.58. The minimum absolute atomic E-state index is 0.0562. The maximum Gasteiger partial charge on any atom is 0.324 e. The van der Waals surface area contributed by atoms with Gasteiger partial charge in [0, 0.05) is 5.56 Å². The molecular weight excluding hydrogens is 348 g/mol. The molecule has 0 aliphatic rings. The van der Waals surface area contributed by atoms with Crippen molar-refractivity contribution in [3.63, 3.8) is 0 Å². The molecule has 24 heavy (non-hydrogen) atoms. The zero-order valence-electron chi connectivity index (χ0n) is 12.9. The standard InChI is InChI=1S/C17H16O5S2/c1-2-22-16(18)15(13-9-5-3-6-10-13)23-24(20,21)17(19)14-11-7-4-8-12-14/h3-12,15H,2H2,1H3. The normalized spacial score (nSPS) is 12.4. The van der Waals surface area contributed by atoms with Gasteiger partial charge in [-0.25, -0.2) is 8.42 Å². The van der Waals surface area contributed by atoms with E-state index in [9.17, 15) is 18.0 Å². The van der Waals surface area contributed by atoms with Gasteiger partial charge in [-0.2, -0.15) is 0 Å².